The minimum atomic E-state index is 0.120. The smallest absolute Gasteiger partial charge is 0.126 e. The summed E-state index contributed by atoms with van der Waals surface area (Å²) in [5, 5.41) is 0. The average Bonchev–Trinajstić information content (AvgIpc) is 2.77. The third kappa shape index (κ3) is 5.31. The van der Waals surface area contributed by atoms with Gasteiger partial charge in [0.25, 0.3) is 0 Å². The fourth-order valence-corrected chi connectivity index (χ4v) is 7.22. The van der Waals surface area contributed by atoms with E-state index >= 15 is 4.39 Å². The fourth-order valence-electron chi connectivity index (χ4n) is 7.22. The molecule has 0 heterocycles. The number of halogens is 1. The summed E-state index contributed by atoms with van der Waals surface area (Å²) in [6, 6.07) is 4.38. The molecule has 30 heavy (non-hydrogen) atoms. The van der Waals surface area contributed by atoms with E-state index in [1.165, 1.54) is 101 Å². The Kier molecular flexibility index (Phi) is 7.93. The number of fused-ring (bicyclic) bond motifs is 2. The van der Waals surface area contributed by atoms with Crippen LogP contribution in [0.3, 0.4) is 0 Å². The molecule has 2 saturated carbocycles. The second-order valence-electron chi connectivity index (χ2n) is 11.1. The van der Waals surface area contributed by atoms with Crippen LogP contribution in [0.5, 0.6) is 0 Å². The van der Waals surface area contributed by atoms with Gasteiger partial charge in [0.2, 0.25) is 0 Å². The van der Waals surface area contributed by atoms with Crippen LogP contribution in [0.25, 0.3) is 0 Å². The molecule has 1 heteroatoms. The predicted molar refractivity (Wildman–Crippen MR) is 126 cm³/mol. The molecule has 0 spiro atoms. The molecule has 0 nitrogen and oxygen atoms in total. The highest BCUT2D eigenvalue weighted by molar-refractivity contribution is 5.37. The monoisotopic (exact) mass is 412 g/mol. The topological polar surface area (TPSA) is 0 Å². The van der Waals surface area contributed by atoms with Gasteiger partial charge in [-0.15, -0.1) is 0 Å². The molecule has 4 rings (SSSR count). The summed E-state index contributed by atoms with van der Waals surface area (Å²) in [5.41, 5.74) is 3.75. The van der Waals surface area contributed by atoms with Crippen molar-refractivity contribution in [3.05, 3.63) is 34.6 Å². The van der Waals surface area contributed by atoms with E-state index in [4.69, 9.17) is 0 Å². The first-order valence-electron chi connectivity index (χ1n) is 13.5. The second-order valence-corrected chi connectivity index (χ2v) is 11.1. The lowest BCUT2D eigenvalue weighted by molar-refractivity contribution is 0.114. The van der Waals surface area contributed by atoms with Gasteiger partial charge in [-0.05, 0) is 104 Å². The first-order valence-corrected chi connectivity index (χ1v) is 13.5. The van der Waals surface area contributed by atoms with E-state index in [0.29, 0.717) is 11.8 Å². The zero-order valence-corrected chi connectivity index (χ0v) is 19.7. The Bertz CT molecular complexity index is 677. The summed E-state index contributed by atoms with van der Waals surface area (Å²) in [6.07, 6.45) is 21.1. The average molecular weight is 413 g/mol. The summed E-state index contributed by atoms with van der Waals surface area (Å²) in [7, 11) is 0. The number of hydrogen-bond acceptors (Lipinski definition) is 0. The Labute approximate surface area is 185 Å². The van der Waals surface area contributed by atoms with Gasteiger partial charge in [0.15, 0.2) is 0 Å². The fraction of sp³-hybridized carbons (Fsp3) is 0.793. The molecule has 1 aromatic rings. The zero-order valence-electron chi connectivity index (χ0n) is 19.7. The molecule has 5 unspecified atom stereocenters. The number of rotatable bonds is 8. The van der Waals surface area contributed by atoms with Crippen LogP contribution in [-0.2, 0) is 12.8 Å². The Hall–Kier alpha value is -0.850. The molecule has 2 fully saturated rings. The van der Waals surface area contributed by atoms with Gasteiger partial charge in [-0.1, -0.05) is 71.3 Å². The first-order chi connectivity index (χ1) is 14.7. The van der Waals surface area contributed by atoms with Crippen molar-refractivity contribution in [2.75, 3.05) is 0 Å². The maximum atomic E-state index is 15.2. The second kappa shape index (κ2) is 10.6. The predicted octanol–water partition coefficient (Wildman–Crippen LogP) is 9.00. The van der Waals surface area contributed by atoms with Gasteiger partial charge < -0.3 is 0 Å². The van der Waals surface area contributed by atoms with Gasteiger partial charge in [0, 0.05) is 0 Å². The lowest BCUT2D eigenvalue weighted by Crippen LogP contribution is -2.30. The van der Waals surface area contributed by atoms with Gasteiger partial charge >= 0.3 is 0 Å². The van der Waals surface area contributed by atoms with Crippen molar-refractivity contribution >= 4 is 0 Å². The van der Waals surface area contributed by atoms with Crippen LogP contribution < -0.4 is 0 Å². The van der Waals surface area contributed by atoms with E-state index in [1.54, 1.807) is 0 Å². The summed E-state index contributed by atoms with van der Waals surface area (Å²) in [6.45, 7) is 4.61. The largest absolute Gasteiger partial charge is 0.207 e. The van der Waals surface area contributed by atoms with Crippen molar-refractivity contribution in [1.82, 2.24) is 0 Å². The van der Waals surface area contributed by atoms with Gasteiger partial charge in [0.05, 0.1) is 0 Å². The molecule has 0 bridgehead atoms. The van der Waals surface area contributed by atoms with Crippen LogP contribution in [-0.4, -0.2) is 0 Å². The molecular formula is C29H45F. The van der Waals surface area contributed by atoms with Gasteiger partial charge in [-0.3, -0.25) is 0 Å². The van der Waals surface area contributed by atoms with E-state index in [1.807, 2.05) is 6.07 Å². The maximum Gasteiger partial charge on any atom is 0.126 e. The van der Waals surface area contributed by atoms with Crippen molar-refractivity contribution in [3.8, 4) is 0 Å². The normalized spacial score (nSPS) is 31.2. The highest BCUT2D eigenvalue weighted by atomic mass is 19.1. The summed E-state index contributed by atoms with van der Waals surface area (Å²) >= 11 is 0. The number of hydrogen-bond donors (Lipinski definition) is 0. The van der Waals surface area contributed by atoms with E-state index < -0.39 is 0 Å². The molecule has 0 saturated heterocycles. The quantitative estimate of drug-likeness (QED) is 0.374. The number of unbranched alkanes of at least 4 members (excludes halogenated alkanes) is 3. The third-order valence-corrected chi connectivity index (χ3v) is 8.98. The first kappa shape index (κ1) is 22.3. The third-order valence-electron chi connectivity index (χ3n) is 8.98. The van der Waals surface area contributed by atoms with Crippen molar-refractivity contribution in [2.24, 2.45) is 23.7 Å². The van der Waals surface area contributed by atoms with E-state index in [-0.39, 0.29) is 5.82 Å². The standard InChI is InChI=1S/C29H45F/c1-3-5-6-7-9-22-11-13-26-19-27(20-29(30)28(26)17-22)25-15-14-23-16-21(8-4-2)10-12-24(23)18-25/h19-25H,3-18H2,1-2H3. The molecule has 5 atom stereocenters. The van der Waals surface area contributed by atoms with Crippen LogP contribution in [0, 0.1) is 29.5 Å². The van der Waals surface area contributed by atoms with E-state index in [9.17, 15) is 0 Å². The van der Waals surface area contributed by atoms with Gasteiger partial charge in [0.1, 0.15) is 5.82 Å². The molecular weight excluding hydrogens is 367 g/mol. The minimum Gasteiger partial charge on any atom is -0.207 e. The molecule has 3 aliphatic rings. The summed E-state index contributed by atoms with van der Waals surface area (Å²) in [4.78, 5) is 0. The van der Waals surface area contributed by atoms with E-state index in [0.717, 1.165) is 36.2 Å². The molecule has 1 aromatic carbocycles. The van der Waals surface area contributed by atoms with Crippen LogP contribution in [0.2, 0.25) is 0 Å². The van der Waals surface area contributed by atoms with Crippen molar-refractivity contribution in [3.63, 3.8) is 0 Å². The highest BCUT2D eigenvalue weighted by Gasteiger charge is 2.36. The SMILES string of the molecule is CCCCCCC1CCc2cc(C3CCC4CC(CCC)CCC4C3)cc(F)c2C1. The summed E-state index contributed by atoms with van der Waals surface area (Å²) in [5.74, 6) is 4.30. The van der Waals surface area contributed by atoms with Crippen LogP contribution >= 0.6 is 0 Å². The van der Waals surface area contributed by atoms with Crippen LogP contribution in [0.1, 0.15) is 126 Å². The Morgan fingerprint density at radius 3 is 2.47 bits per heavy atom. The molecule has 0 aromatic heterocycles. The van der Waals surface area contributed by atoms with E-state index in [2.05, 4.69) is 19.9 Å². The Morgan fingerprint density at radius 2 is 1.63 bits per heavy atom. The Morgan fingerprint density at radius 1 is 0.800 bits per heavy atom. The lowest BCUT2D eigenvalue weighted by Gasteiger charge is -2.42. The molecule has 3 aliphatic carbocycles. The minimum absolute atomic E-state index is 0.120. The number of benzene rings is 1. The molecule has 168 valence electrons. The van der Waals surface area contributed by atoms with Crippen LogP contribution in [0.4, 0.5) is 4.39 Å². The molecule has 0 N–H and O–H groups in total. The lowest BCUT2D eigenvalue weighted by atomic mass is 9.63. The zero-order chi connectivity index (χ0) is 20.9. The van der Waals surface area contributed by atoms with Gasteiger partial charge in [-0.25, -0.2) is 4.39 Å². The summed E-state index contributed by atoms with van der Waals surface area (Å²) < 4.78 is 15.2. The Balaban J connectivity index is 1.36. The van der Waals surface area contributed by atoms with Crippen LogP contribution in [0.15, 0.2) is 12.1 Å². The van der Waals surface area contributed by atoms with Crippen molar-refractivity contribution in [1.29, 1.82) is 0 Å². The maximum absolute atomic E-state index is 15.2. The van der Waals surface area contributed by atoms with Crippen molar-refractivity contribution in [2.45, 2.75) is 122 Å². The molecule has 0 radical (unpaired) electrons. The number of aryl methyl sites for hydroxylation is 1. The molecule has 0 aliphatic heterocycles. The molecule has 0 amide bonds. The van der Waals surface area contributed by atoms with Gasteiger partial charge in [-0.2, -0.15) is 0 Å². The highest BCUT2D eigenvalue weighted by Crippen LogP contribution is 2.49. The van der Waals surface area contributed by atoms with Crippen molar-refractivity contribution < 1.29 is 4.39 Å².